The van der Waals surface area contributed by atoms with Crippen LogP contribution in [0.1, 0.15) is 26.7 Å². The molecule has 0 radical (unpaired) electrons. The Morgan fingerprint density at radius 1 is 1.36 bits per heavy atom. The highest BCUT2D eigenvalue weighted by Gasteiger charge is 2.20. The van der Waals surface area contributed by atoms with Crippen LogP contribution in [0.2, 0.25) is 0 Å². The molecule has 0 rings (SSSR count). The molecule has 0 spiro atoms. The van der Waals surface area contributed by atoms with Gasteiger partial charge in [-0.25, -0.2) is 8.42 Å². The topological polar surface area (TPSA) is 87.2 Å². The fraction of sp³-hybridized carbons (Fsp3) is 0.875. The number of hydrogen-bond acceptors (Lipinski definition) is 3. The minimum absolute atomic E-state index is 0.0101. The molecule has 0 amide bonds. The van der Waals surface area contributed by atoms with E-state index in [1.165, 1.54) is 4.31 Å². The summed E-state index contributed by atoms with van der Waals surface area (Å²) in [6.07, 6.45) is 1.32. The van der Waals surface area contributed by atoms with Gasteiger partial charge in [0.1, 0.15) is 5.84 Å². The lowest BCUT2D eigenvalue weighted by atomic mass is 10.4. The Balaban J connectivity index is 4.54. The van der Waals surface area contributed by atoms with Crippen LogP contribution < -0.4 is 5.73 Å². The molecule has 0 aromatic rings. The first-order chi connectivity index (χ1) is 6.44. The maximum Gasteiger partial charge on any atom is 0.214 e. The smallest absolute Gasteiger partial charge is 0.214 e. The fourth-order valence-electron chi connectivity index (χ4n) is 1.14. The lowest BCUT2D eigenvalue weighted by Crippen LogP contribution is -2.39. The average molecular weight is 221 g/mol. The molecule has 0 heterocycles. The van der Waals surface area contributed by atoms with E-state index in [9.17, 15) is 8.42 Å². The summed E-state index contributed by atoms with van der Waals surface area (Å²) in [5.74, 6) is 0.0124. The van der Waals surface area contributed by atoms with Crippen LogP contribution in [0.15, 0.2) is 0 Å². The molecular formula is C8H19N3O2S. The van der Waals surface area contributed by atoms with Crippen molar-refractivity contribution in [3.63, 3.8) is 0 Å². The van der Waals surface area contributed by atoms with E-state index in [0.29, 0.717) is 13.0 Å². The molecule has 0 unspecified atom stereocenters. The van der Waals surface area contributed by atoms with Crippen molar-refractivity contribution < 1.29 is 8.42 Å². The summed E-state index contributed by atoms with van der Waals surface area (Å²) in [7, 11) is -3.22. The predicted molar refractivity (Wildman–Crippen MR) is 57.9 cm³/mol. The molecule has 0 aliphatic carbocycles. The zero-order chi connectivity index (χ0) is 11.2. The van der Waals surface area contributed by atoms with Gasteiger partial charge in [-0.15, -0.1) is 0 Å². The van der Waals surface area contributed by atoms with Gasteiger partial charge < -0.3 is 5.73 Å². The maximum absolute atomic E-state index is 11.6. The van der Waals surface area contributed by atoms with Crippen LogP contribution in [0.3, 0.4) is 0 Å². The van der Waals surface area contributed by atoms with E-state index in [2.05, 4.69) is 0 Å². The van der Waals surface area contributed by atoms with Gasteiger partial charge in [-0.2, -0.15) is 4.31 Å². The fourth-order valence-corrected chi connectivity index (χ4v) is 2.71. The monoisotopic (exact) mass is 221 g/mol. The van der Waals surface area contributed by atoms with Crippen molar-refractivity contribution in [3.8, 4) is 0 Å². The van der Waals surface area contributed by atoms with Gasteiger partial charge in [-0.1, -0.05) is 13.8 Å². The van der Waals surface area contributed by atoms with E-state index >= 15 is 0 Å². The Kier molecular flexibility index (Phi) is 5.71. The summed E-state index contributed by atoms with van der Waals surface area (Å²) >= 11 is 0. The average Bonchev–Trinajstić information content (AvgIpc) is 2.02. The highest BCUT2D eigenvalue weighted by Crippen LogP contribution is 2.03. The van der Waals surface area contributed by atoms with Crippen molar-refractivity contribution in [2.45, 2.75) is 26.7 Å². The second kappa shape index (κ2) is 5.98. The predicted octanol–water partition coefficient (Wildman–Crippen LogP) is 0.374. The molecule has 0 fully saturated rings. The van der Waals surface area contributed by atoms with Gasteiger partial charge in [0.25, 0.3) is 0 Å². The van der Waals surface area contributed by atoms with Crippen molar-refractivity contribution in [2.75, 3.05) is 18.8 Å². The molecule has 5 nitrogen and oxygen atoms in total. The number of nitrogens with two attached hydrogens (primary N) is 1. The van der Waals surface area contributed by atoms with Gasteiger partial charge in [0, 0.05) is 6.54 Å². The summed E-state index contributed by atoms with van der Waals surface area (Å²) < 4.78 is 24.5. The van der Waals surface area contributed by atoms with E-state index in [1.54, 1.807) is 0 Å². The van der Waals surface area contributed by atoms with E-state index in [-0.39, 0.29) is 18.1 Å². The third kappa shape index (κ3) is 4.57. The van der Waals surface area contributed by atoms with E-state index in [4.69, 9.17) is 11.1 Å². The van der Waals surface area contributed by atoms with Gasteiger partial charge in [-0.3, -0.25) is 5.41 Å². The second-order valence-electron chi connectivity index (χ2n) is 3.17. The molecule has 0 atom stereocenters. The number of rotatable bonds is 7. The van der Waals surface area contributed by atoms with Crippen molar-refractivity contribution in [3.05, 3.63) is 0 Å². The third-order valence-corrected chi connectivity index (χ3v) is 3.70. The van der Waals surface area contributed by atoms with E-state index in [1.807, 2.05) is 13.8 Å². The normalized spacial score (nSPS) is 11.9. The highest BCUT2D eigenvalue weighted by molar-refractivity contribution is 7.89. The summed E-state index contributed by atoms with van der Waals surface area (Å²) in [4.78, 5) is 0. The Morgan fingerprint density at radius 2 is 1.93 bits per heavy atom. The van der Waals surface area contributed by atoms with Crippen molar-refractivity contribution in [2.24, 2.45) is 5.73 Å². The third-order valence-electron chi connectivity index (χ3n) is 1.68. The van der Waals surface area contributed by atoms with Gasteiger partial charge in [-0.05, 0) is 12.8 Å². The van der Waals surface area contributed by atoms with Crippen molar-refractivity contribution >= 4 is 15.9 Å². The number of sulfonamides is 1. The van der Waals surface area contributed by atoms with Crippen LogP contribution in [0.25, 0.3) is 0 Å². The summed E-state index contributed by atoms with van der Waals surface area (Å²) in [6, 6.07) is 0. The Morgan fingerprint density at radius 3 is 2.29 bits per heavy atom. The molecule has 0 aliphatic heterocycles. The number of nitrogens with one attached hydrogen (secondary N) is 1. The first kappa shape index (κ1) is 13.4. The molecule has 6 heteroatoms. The molecule has 0 aromatic carbocycles. The second-order valence-corrected chi connectivity index (χ2v) is 5.26. The lowest BCUT2D eigenvalue weighted by Gasteiger charge is -2.20. The maximum atomic E-state index is 11.6. The van der Waals surface area contributed by atoms with Crippen LogP contribution in [0.4, 0.5) is 0 Å². The molecule has 3 N–H and O–H groups in total. The SMILES string of the molecule is CCCN(CC(=N)N)S(=O)(=O)CCC. The van der Waals surface area contributed by atoms with E-state index < -0.39 is 10.0 Å². The van der Waals surface area contributed by atoms with Crippen molar-refractivity contribution in [1.29, 1.82) is 5.41 Å². The van der Waals surface area contributed by atoms with Gasteiger partial charge in [0.15, 0.2) is 0 Å². The molecule has 14 heavy (non-hydrogen) atoms. The standard InChI is InChI=1S/C8H19N3O2S/c1-3-5-11(7-8(9)10)14(12,13)6-4-2/h3-7H2,1-2H3,(H3,9,10). The molecule has 84 valence electrons. The van der Waals surface area contributed by atoms with Gasteiger partial charge >= 0.3 is 0 Å². The van der Waals surface area contributed by atoms with Gasteiger partial charge in [0.05, 0.1) is 12.3 Å². The quantitative estimate of drug-likeness (QED) is 0.481. The minimum Gasteiger partial charge on any atom is -0.387 e. The molecule has 0 saturated carbocycles. The number of hydrogen-bond donors (Lipinski definition) is 2. The highest BCUT2D eigenvalue weighted by atomic mass is 32.2. The minimum atomic E-state index is -3.22. The Labute approximate surface area is 85.8 Å². The van der Waals surface area contributed by atoms with Crippen LogP contribution in [-0.4, -0.2) is 37.4 Å². The summed E-state index contributed by atoms with van der Waals surface area (Å²) in [5.41, 5.74) is 5.19. The van der Waals surface area contributed by atoms with Crippen LogP contribution >= 0.6 is 0 Å². The first-order valence-electron chi connectivity index (χ1n) is 4.74. The zero-order valence-electron chi connectivity index (χ0n) is 8.78. The number of amidine groups is 1. The van der Waals surface area contributed by atoms with E-state index in [0.717, 1.165) is 6.42 Å². The summed E-state index contributed by atoms with van der Waals surface area (Å²) in [6.45, 7) is 4.15. The largest absolute Gasteiger partial charge is 0.387 e. The van der Waals surface area contributed by atoms with Crippen molar-refractivity contribution in [1.82, 2.24) is 4.31 Å². The molecular weight excluding hydrogens is 202 g/mol. The summed E-state index contributed by atoms with van der Waals surface area (Å²) in [5, 5.41) is 7.09. The zero-order valence-corrected chi connectivity index (χ0v) is 9.60. The Hall–Kier alpha value is -0.620. The first-order valence-corrected chi connectivity index (χ1v) is 6.35. The Bertz CT molecular complexity index is 274. The molecule has 0 aromatic heterocycles. The molecule has 0 bridgehead atoms. The van der Waals surface area contributed by atoms with Crippen LogP contribution in [0.5, 0.6) is 0 Å². The van der Waals surface area contributed by atoms with Gasteiger partial charge in [0.2, 0.25) is 10.0 Å². The number of nitrogens with zero attached hydrogens (tertiary/aromatic N) is 1. The lowest BCUT2D eigenvalue weighted by molar-refractivity contribution is 0.447. The molecule has 0 saturated heterocycles. The van der Waals surface area contributed by atoms with Crippen LogP contribution in [-0.2, 0) is 10.0 Å². The van der Waals surface area contributed by atoms with Crippen LogP contribution in [0, 0.1) is 5.41 Å². The molecule has 0 aliphatic rings.